The van der Waals surface area contributed by atoms with E-state index in [4.69, 9.17) is 0 Å². The molecule has 1 heterocycles. The molecule has 1 aliphatic heterocycles. The van der Waals surface area contributed by atoms with Gasteiger partial charge in [-0.15, -0.1) is 0 Å². The molecular weight excluding hydrogens is 236 g/mol. The molecule has 3 rings (SSSR count). The molecule has 2 aliphatic carbocycles. The van der Waals surface area contributed by atoms with E-state index in [1.54, 1.807) is 0 Å². The number of amides is 1. The van der Waals surface area contributed by atoms with E-state index in [2.05, 4.69) is 12.2 Å². The van der Waals surface area contributed by atoms with Gasteiger partial charge in [-0.25, -0.2) is 0 Å². The summed E-state index contributed by atoms with van der Waals surface area (Å²) < 4.78 is 0. The molecule has 2 saturated carbocycles. The van der Waals surface area contributed by atoms with Crippen LogP contribution >= 0.6 is 0 Å². The third kappa shape index (κ3) is 2.81. The van der Waals surface area contributed by atoms with Crippen molar-refractivity contribution in [3.63, 3.8) is 0 Å². The van der Waals surface area contributed by atoms with Gasteiger partial charge in [0, 0.05) is 25.6 Å². The average Bonchev–Trinajstić information content (AvgIpc) is 3.00. The molecule has 0 spiro atoms. The Morgan fingerprint density at radius 3 is 2.68 bits per heavy atom. The Hall–Kier alpha value is -0.570. The van der Waals surface area contributed by atoms with Crippen molar-refractivity contribution in [3.05, 3.63) is 0 Å². The maximum atomic E-state index is 12.5. The van der Waals surface area contributed by atoms with Crippen molar-refractivity contribution in [1.82, 2.24) is 10.2 Å². The molecule has 1 amide bonds. The molecule has 3 fully saturated rings. The number of nitrogens with one attached hydrogen (secondary N) is 1. The van der Waals surface area contributed by atoms with Crippen molar-refractivity contribution in [2.24, 2.45) is 23.7 Å². The van der Waals surface area contributed by atoms with E-state index in [1.807, 2.05) is 11.9 Å². The molecule has 1 N–H and O–H groups in total. The fourth-order valence-electron chi connectivity index (χ4n) is 4.71. The van der Waals surface area contributed by atoms with Gasteiger partial charge in [-0.1, -0.05) is 6.42 Å². The van der Waals surface area contributed by atoms with Gasteiger partial charge >= 0.3 is 0 Å². The fraction of sp³-hybridized carbons (Fsp3) is 0.938. The smallest absolute Gasteiger partial charge is 0.225 e. The summed E-state index contributed by atoms with van der Waals surface area (Å²) in [5.74, 6) is 3.37. The zero-order valence-corrected chi connectivity index (χ0v) is 12.4. The summed E-state index contributed by atoms with van der Waals surface area (Å²) in [6.45, 7) is 4.20. The van der Waals surface area contributed by atoms with Crippen molar-refractivity contribution >= 4 is 5.91 Å². The van der Waals surface area contributed by atoms with Gasteiger partial charge in [0.2, 0.25) is 5.91 Å². The first-order chi connectivity index (χ1) is 9.13. The Kier molecular flexibility index (Phi) is 3.84. The zero-order chi connectivity index (χ0) is 13.4. The SMILES string of the molecule is CC1CC(C(=O)N(C)CC2CC3CCC2C3)CCN1. The second kappa shape index (κ2) is 5.43. The number of rotatable bonds is 3. The molecule has 1 saturated heterocycles. The van der Waals surface area contributed by atoms with Crippen molar-refractivity contribution in [2.75, 3.05) is 20.1 Å². The minimum Gasteiger partial charge on any atom is -0.345 e. The molecule has 3 aliphatic rings. The van der Waals surface area contributed by atoms with Crippen LogP contribution in [0.1, 0.15) is 45.4 Å². The van der Waals surface area contributed by atoms with E-state index < -0.39 is 0 Å². The largest absolute Gasteiger partial charge is 0.345 e. The van der Waals surface area contributed by atoms with Crippen LogP contribution in [0.25, 0.3) is 0 Å². The molecule has 0 aromatic carbocycles. The topological polar surface area (TPSA) is 32.3 Å². The highest BCUT2D eigenvalue weighted by molar-refractivity contribution is 5.78. The number of hydrogen-bond donors (Lipinski definition) is 1. The number of piperidine rings is 1. The van der Waals surface area contributed by atoms with Crippen LogP contribution in [0.5, 0.6) is 0 Å². The summed E-state index contributed by atoms with van der Waals surface area (Å²) in [7, 11) is 2.03. The standard InChI is InChI=1S/C16H28N2O/c1-11-7-14(5-6-17-11)16(19)18(2)10-15-9-12-3-4-13(15)8-12/h11-15,17H,3-10H2,1-2H3. The maximum Gasteiger partial charge on any atom is 0.225 e. The monoisotopic (exact) mass is 264 g/mol. The minimum absolute atomic E-state index is 0.264. The Balaban J connectivity index is 1.52. The summed E-state index contributed by atoms with van der Waals surface area (Å²) in [4.78, 5) is 14.6. The van der Waals surface area contributed by atoms with Crippen LogP contribution in [0.4, 0.5) is 0 Å². The van der Waals surface area contributed by atoms with Gasteiger partial charge in [0.05, 0.1) is 0 Å². The summed E-state index contributed by atoms with van der Waals surface area (Å²) in [6, 6.07) is 0.499. The molecular formula is C16H28N2O. The summed E-state index contributed by atoms with van der Waals surface area (Å²) >= 11 is 0. The van der Waals surface area contributed by atoms with Crippen LogP contribution in [-0.4, -0.2) is 37.0 Å². The van der Waals surface area contributed by atoms with Crippen molar-refractivity contribution in [1.29, 1.82) is 0 Å². The van der Waals surface area contributed by atoms with Gasteiger partial charge in [0.1, 0.15) is 0 Å². The lowest BCUT2D eigenvalue weighted by Crippen LogP contribution is -2.44. The lowest BCUT2D eigenvalue weighted by atomic mass is 9.87. The highest BCUT2D eigenvalue weighted by Gasteiger charge is 2.40. The van der Waals surface area contributed by atoms with E-state index in [-0.39, 0.29) is 5.92 Å². The average molecular weight is 264 g/mol. The third-order valence-electron chi connectivity index (χ3n) is 5.74. The van der Waals surface area contributed by atoms with Crippen LogP contribution in [0.3, 0.4) is 0 Å². The number of carbonyl (C=O) groups is 1. The number of nitrogens with zero attached hydrogens (tertiary/aromatic N) is 1. The third-order valence-corrected chi connectivity index (χ3v) is 5.74. The summed E-state index contributed by atoms with van der Waals surface area (Å²) in [5, 5.41) is 3.43. The van der Waals surface area contributed by atoms with Crippen LogP contribution < -0.4 is 5.32 Å². The van der Waals surface area contributed by atoms with Crippen LogP contribution in [0.2, 0.25) is 0 Å². The minimum atomic E-state index is 0.264. The molecule has 5 atom stereocenters. The van der Waals surface area contributed by atoms with Crippen molar-refractivity contribution in [2.45, 2.75) is 51.5 Å². The summed E-state index contributed by atoms with van der Waals surface area (Å²) in [5.41, 5.74) is 0. The fourth-order valence-corrected chi connectivity index (χ4v) is 4.71. The van der Waals surface area contributed by atoms with E-state index in [0.29, 0.717) is 11.9 Å². The number of hydrogen-bond acceptors (Lipinski definition) is 2. The number of fused-ring (bicyclic) bond motifs is 2. The van der Waals surface area contributed by atoms with Gasteiger partial charge in [-0.3, -0.25) is 4.79 Å². The first kappa shape index (κ1) is 13.4. The Labute approximate surface area is 117 Å². The Bertz CT molecular complexity index is 344. The first-order valence-corrected chi connectivity index (χ1v) is 8.12. The predicted molar refractivity (Wildman–Crippen MR) is 76.8 cm³/mol. The van der Waals surface area contributed by atoms with E-state index >= 15 is 0 Å². The van der Waals surface area contributed by atoms with Gasteiger partial charge in [0.15, 0.2) is 0 Å². The van der Waals surface area contributed by atoms with Gasteiger partial charge < -0.3 is 10.2 Å². The molecule has 0 radical (unpaired) electrons. The van der Waals surface area contributed by atoms with E-state index in [0.717, 1.165) is 43.7 Å². The lowest BCUT2D eigenvalue weighted by molar-refractivity contribution is -0.136. The highest BCUT2D eigenvalue weighted by atomic mass is 16.2. The normalized spacial score (nSPS) is 41.5. The van der Waals surface area contributed by atoms with Gasteiger partial charge in [-0.05, 0) is 63.3 Å². The van der Waals surface area contributed by atoms with Gasteiger partial charge in [0.25, 0.3) is 0 Å². The first-order valence-electron chi connectivity index (χ1n) is 8.12. The molecule has 3 heteroatoms. The second-order valence-electron chi connectivity index (χ2n) is 7.23. The van der Waals surface area contributed by atoms with Crippen LogP contribution in [0, 0.1) is 23.7 Å². The zero-order valence-electron chi connectivity index (χ0n) is 12.4. The van der Waals surface area contributed by atoms with E-state index in [1.165, 1.54) is 25.7 Å². The summed E-state index contributed by atoms with van der Waals surface area (Å²) in [6.07, 6.45) is 7.72. The molecule has 19 heavy (non-hydrogen) atoms. The Morgan fingerprint density at radius 2 is 2.05 bits per heavy atom. The second-order valence-corrected chi connectivity index (χ2v) is 7.23. The predicted octanol–water partition coefficient (Wildman–Crippen LogP) is 2.27. The molecule has 2 bridgehead atoms. The quantitative estimate of drug-likeness (QED) is 0.848. The molecule has 108 valence electrons. The van der Waals surface area contributed by atoms with Crippen LogP contribution in [-0.2, 0) is 4.79 Å². The van der Waals surface area contributed by atoms with E-state index in [9.17, 15) is 4.79 Å². The van der Waals surface area contributed by atoms with Gasteiger partial charge in [-0.2, -0.15) is 0 Å². The molecule has 0 aromatic heterocycles. The maximum absolute atomic E-state index is 12.5. The number of carbonyl (C=O) groups excluding carboxylic acids is 1. The van der Waals surface area contributed by atoms with Crippen molar-refractivity contribution in [3.8, 4) is 0 Å². The van der Waals surface area contributed by atoms with Crippen molar-refractivity contribution < 1.29 is 4.79 Å². The Morgan fingerprint density at radius 1 is 1.21 bits per heavy atom. The molecule has 5 unspecified atom stereocenters. The lowest BCUT2D eigenvalue weighted by Gasteiger charge is -2.33. The highest BCUT2D eigenvalue weighted by Crippen LogP contribution is 2.48. The molecule has 3 nitrogen and oxygen atoms in total. The van der Waals surface area contributed by atoms with Crippen LogP contribution in [0.15, 0.2) is 0 Å². The molecule has 0 aromatic rings.